The van der Waals surface area contributed by atoms with Crippen molar-refractivity contribution in [1.29, 1.82) is 0 Å². The monoisotopic (exact) mass is 756 g/mol. The van der Waals surface area contributed by atoms with Crippen molar-refractivity contribution in [2.45, 2.75) is 84.5 Å². The third kappa shape index (κ3) is 13.4. The molecule has 0 N–H and O–H groups in total. The van der Waals surface area contributed by atoms with Crippen molar-refractivity contribution in [3.8, 4) is 39.9 Å². The van der Waals surface area contributed by atoms with Crippen LogP contribution in [0, 0.1) is 0 Å². The molecule has 0 aliphatic rings. The number of benzene rings is 5. The van der Waals surface area contributed by atoms with E-state index < -0.39 is 17.9 Å². The quantitative estimate of drug-likeness (QED) is 0.0391. The fourth-order valence-corrected chi connectivity index (χ4v) is 5.93. The van der Waals surface area contributed by atoms with E-state index in [-0.39, 0.29) is 0 Å². The van der Waals surface area contributed by atoms with Gasteiger partial charge in [-0.2, -0.15) is 0 Å². The van der Waals surface area contributed by atoms with Crippen molar-refractivity contribution >= 4 is 17.9 Å². The molecule has 5 rings (SSSR count). The molecule has 0 amide bonds. The number of esters is 3. The van der Waals surface area contributed by atoms with Gasteiger partial charge in [-0.15, -0.1) is 0 Å². The summed E-state index contributed by atoms with van der Waals surface area (Å²) in [6.45, 7) is 5.65. The first-order valence-electron chi connectivity index (χ1n) is 19.8. The number of carbonyl (C=O) groups is 3. The fraction of sp³-hybridized carbons (Fsp3) is 0.312. The first-order valence-corrected chi connectivity index (χ1v) is 19.8. The summed E-state index contributed by atoms with van der Waals surface area (Å²) in [6, 6.07) is 34.2. The Kier molecular flexibility index (Phi) is 16.6. The van der Waals surface area contributed by atoms with Gasteiger partial charge in [0.2, 0.25) is 0 Å². The predicted octanol–water partition coefficient (Wildman–Crippen LogP) is 12.1. The van der Waals surface area contributed by atoms with Crippen molar-refractivity contribution in [3.63, 3.8) is 0 Å². The highest BCUT2D eigenvalue weighted by molar-refractivity contribution is 5.93. The molecular weight excluding hydrogens is 705 g/mol. The molecule has 0 fully saturated rings. The van der Waals surface area contributed by atoms with Crippen molar-refractivity contribution in [3.05, 3.63) is 138 Å². The molecular formula is C48H52O8. The van der Waals surface area contributed by atoms with Crippen LogP contribution in [0.4, 0.5) is 0 Å². The van der Waals surface area contributed by atoms with Crippen molar-refractivity contribution in [2.75, 3.05) is 13.2 Å². The van der Waals surface area contributed by atoms with E-state index in [2.05, 4.69) is 13.8 Å². The summed E-state index contributed by atoms with van der Waals surface area (Å²) in [6.07, 6.45) is 13.4. The highest BCUT2D eigenvalue weighted by atomic mass is 16.5. The number of rotatable bonds is 22. The van der Waals surface area contributed by atoms with Gasteiger partial charge in [0, 0.05) is 0 Å². The molecule has 292 valence electrons. The largest absolute Gasteiger partial charge is 0.494 e. The summed E-state index contributed by atoms with van der Waals surface area (Å²) < 4.78 is 28.2. The first-order chi connectivity index (χ1) is 27.4. The fourth-order valence-electron chi connectivity index (χ4n) is 5.93. The van der Waals surface area contributed by atoms with Gasteiger partial charge in [-0.1, -0.05) is 95.9 Å². The molecule has 0 heterocycles. The Morgan fingerprint density at radius 3 is 1.29 bits per heavy atom. The third-order valence-corrected chi connectivity index (χ3v) is 9.20. The number of unbranched alkanes of at least 4 members (excludes halogenated alkanes) is 9. The van der Waals surface area contributed by atoms with Crippen LogP contribution in [-0.4, -0.2) is 31.1 Å². The lowest BCUT2D eigenvalue weighted by atomic mass is 10.0. The maximum atomic E-state index is 12.9. The number of hydrogen-bond donors (Lipinski definition) is 0. The van der Waals surface area contributed by atoms with Gasteiger partial charge < -0.3 is 23.7 Å². The zero-order valence-corrected chi connectivity index (χ0v) is 32.5. The minimum absolute atomic E-state index is 0.298. The van der Waals surface area contributed by atoms with E-state index >= 15 is 0 Å². The molecule has 0 radical (unpaired) electrons. The summed E-state index contributed by atoms with van der Waals surface area (Å²) in [4.78, 5) is 38.5. The van der Waals surface area contributed by atoms with E-state index in [0.717, 1.165) is 48.3 Å². The number of hydrogen-bond acceptors (Lipinski definition) is 8. The van der Waals surface area contributed by atoms with Gasteiger partial charge in [-0.05, 0) is 121 Å². The van der Waals surface area contributed by atoms with E-state index in [4.69, 9.17) is 23.7 Å². The zero-order chi connectivity index (χ0) is 39.4. The molecule has 0 aliphatic heterocycles. The van der Waals surface area contributed by atoms with Crippen LogP contribution in [0.5, 0.6) is 28.7 Å². The van der Waals surface area contributed by atoms with Crippen molar-refractivity contribution < 1.29 is 38.1 Å². The molecule has 0 spiro atoms. The molecule has 0 atom stereocenters. The summed E-state index contributed by atoms with van der Waals surface area (Å²) >= 11 is 0. The maximum absolute atomic E-state index is 12.9. The van der Waals surface area contributed by atoms with Gasteiger partial charge >= 0.3 is 17.9 Å². The Balaban J connectivity index is 1.04. The average molecular weight is 757 g/mol. The normalized spacial score (nSPS) is 10.8. The molecule has 0 aromatic heterocycles. The standard InChI is InChI=1S/C48H52O8/c1-3-5-7-8-9-10-11-12-13-34-53-41-23-19-37(20-24-41)46(49)55-44-27-21-38(22-28-44)47(50)54-43-25-17-36(18-26-43)39-15-14-16-40(35-39)48(51)56-45-31-29-42(30-32-45)52-33-6-4-2/h14-32,35H,3-13,33-34H2,1-2H3. The average Bonchev–Trinajstić information content (AvgIpc) is 3.23. The molecule has 8 heteroatoms. The summed E-state index contributed by atoms with van der Waals surface area (Å²) in [5.74, 6) is 0.995. The van der Waals surface area contributed by atoms with Crippen LogP contribution >= 0.6 is 0 Å². The highest BCUT2D eigenvalue weighted by Crippen LogP contribution is 2.26. The first kappa shape index (κ1) is 41.3. The maximum Gasteiger partial charge on any atom is 0.343 e. The molecule has 0 bridgehead atoms. The molecule has 0 saturated heterocycles. The van der Waals surface area contributed by atoms with Crippen molar-refractivity contribution in [2.24, 2.45) is 0 Å². The lowest BCUT2D eigenvalue weighted by Crippen LogP contribution is -2.10. The van der Waals surface area contributed by atoms with Crippen molar-refractivity contribution in [1.82, 2.24) is 0 Å². The Bertz CT molecular complexity index is 1950. The topological polar surface area (TPSA) is 97.4 Å². The number of carbonyl (C=O) groups excluding carboxylic acids is 3. The van der Waals surface area contributed by atoms with Gasteiger partial charge in [0.05, 0.1) is 29.9 Å². The van der Waals surface area contributed by atoms with Gasteiger partial charge in [0.1, 0.15) is 28.7 Å². The third-order valence-electron chi connectivity index (χ3n) is 9.20. The minimum Gasteiger partial charge on any atom is -0.494 e. The second-order valence-corrected chi connectivity index (χ2v) is 13.7. The smallest absolute Gasteiger partial charge is 0.343 e. The van der Waals surface area contributed by atoms with E-state index in [1.54, 1.807) is 103 Å². The molecule has 0 unspecified atom stereocenters. The molecule has 8 nitrogen and oxygen atoms in total. The molecule has 5 aromatic carbocycles. The molecule has 56 heavy (non-hydrogen) atoms. The van der Waals surface area contributed by atoms with Crippen LogP contribution in [0.15, 0.2) is 121 Å². The predicted molar refractivity (Wildman–Crippen MR) is 219 cm³/mol. The Hall–Kier alpha value is -5.89. The highest BCUT2D eigenvalue weighted by Gasteiger charge is 2.14. The van der Waals surface area contributed by atoms with Gasteiger partial charge in [0.25, 0.3) is 0 Å². The second-order valence-electron chi connectivity index (χ2n) is 13.7. The van der Waals surface area contributed by atoms with Crippen LogP contribution in [0.3, 0.4) is 0 Å². The van der Waals surface area contributed by atoms with Crippen LogP contribution in [0.1, 0.15) is 116 Å². The van der Waals surface area contributed by atoms with Crippen LogP contribution in [0.2, 0.25) is 0 Å². The van der Waals surface area contributed by atoms with Crippen LogP contribution in [-0.2, 0) is 0 Å². The second kappa shape index (κ2) is 22.5. The van der Waals surface area contributed by atoms with E-state index in [1.807, 2.05) is 18.2 Å². The molecule has 0 saturated carbocycles. The summed E-state index contributed by atoms with van der Waals surface area (Å²) in [7, 11) is 0. The minimum atomic E-state index is -0.557. The molecule has 0 aliphatic carbocycles. The Morgan fingerprint density at radius 1 is 0.375 bits per heavy atom. The SMILES string of the molecule is CCCCCCCCCCCOc1ccc(C(=O)Oc2ccc(C(=O)Oc3ccc(-c4cccc(C(=O)Oc5ccc(OCCCC)cc5)c4)cc3)cc2)cc1. The Morgan fingerprint density at radius 2 is 0.768 bits per heavy atom. The summed E-state index contributed by atoms with van der Waals surface area (Å²) in [5.41, 5.74) is 2.73. The summed E-state index contributed by atoms with van der Waals surface area (Å²) in [5, 5.41) is 0. The molecule has 5 aromatic rings. The van der Waals surface area contributed by atoms with E-state index in [1.165, 1.54) is 44.9 Å². The number of ether oxygens (including phenoxy) is 5. The van der Waals surface area contributed by atoms with Gasteiger partial charge in [0.15, 0.2) is 0 Å². The van der Waals surface area contributed by atoms with E-state index in [0.29, 0.717) is 47.2 Å². The lowest BCUT2D eigenvalue weighted by Gasteiger charge is -2.09. The van der Waals surface area contributed by atoms with Gasteiger partial charge in [-0.3, -0.25) is 0 Å². The lowest BCUT2D eigenvalue weighted by molar-refractivity contribution is 0.0723. The zero-order valence-electron chi connectivity index (χ0n) is 32.5. The van der Waals surface area contributed by atoms with Gasteiger partial charge in [-0.25, -0.2) is 14.4 Å². The van der Waals surface area contributed by atoms with E-state index in [9.17, 15) is 14.4 Å². The van der Waals surface area contributed by atoms with Crippen LogP contribution < -0.4 is 23.7 Å². The van der Waals surface area contributed by atoms with Crippen LogP contribution in [0.25, 0.3) is 11.1 Å². The Labute approximate surface area is 330 Å².